The van der Waals surface area contributed by atoms with E-state index in [1.165, 1.54) is 89.0 Å². The fourth-order valence-electron chi connectivity index (χ4n) is 10.5. The number of fused-ring (bicyclic) bond motifs is 20. The lowest BCUT2D eigenvalue weighted by Gasteiger charge is -2.31. The minimum atomic E-state index is -0.358. The second-order valence-corrected chi connectivity index (χ2v) is 14.4. The van der Waals surface area contributed by atoms with Crippen molar-refractivity contribution in [2.75, 3.05) is 5.32 Å². The summed E-state index contributed by atoms with van der Waals surface area (Å²) in [5, 5.41) is 3.89. The molecule has 1 nitrogen and oxygen atoms in total. The Morgan fingerprint density at radius 2 is 0.529 bits per heavy atom. The third kappa shape index (κ3) is 3.19. The van der Waals surface area contributed by atoms with Crippen LogP contribution >= 0.6 is 0 Å². The molecule has 4 aliphatic carbocycles. The van der Waals surface area contributed by atoms with Crippen molar-refractivity contribution in [1.29, 1.82) is 0 Å². The third-order valence-electron chi connectivity index (χ3n) is 12.3. The molecule has 8 aromatic carbocycles. The highest BCUT2D eigenvalue weighted by atomic mass is 14.9. The molecule has 1 N–H and O–H groups in total. The van der Waals surface area contributed by atoms with Gasteiger partial charge in [-0.2, -0.15) is 0 Å². The molecule has 0 atom stereocenters. The van der Waals surface area contributed by atoms with Crippen LogP contribution in [0.25, 0.3) is 44.5 Å². The van der Waals surface area contributed by atoms with Crippen LogP contribution in [0.2, 0.25) is 0 Å². The molecule has 0 saturated carbocycles. The molecule has 12 rings (SSSR count). The second kappa shape index (κ2) is 9.62. The topological polar surface area (TPSA) is 12.0 Å². The molecule has 8 aromatic rings. The van der Waals surface area contributed by atoms with Gasteiger partial charge < -0.3 is 5.32 Å². The highest BCUT2D eigenvalue weighted by Gasteiger charge is 2.53. The Kier molecular flexibility index (Phi) is 5.17. The molecule has 4 aliphatic rings. The smallest absolute Gasteiger partial charge is 0.0726 e. The molecule has 0 unspecified atom stereocenters. The predicted molar refractivity (Wildman–Crippen MR) is 209 cm³/mol. The Bertz CT molecular complexity index is 2690. The van der Waals surface area contributed by atoms with Crippen LogP contribution in [0.15, 0.2) is 182 Å². The van der Waals surface area contributed by atoms with E-state index >= 15 is 0 Å². The first-order valence-corrected chi connectivity index (χ1v) is 17.9. The molecule has 0 heterocycles. The minimum Gasteiger partial charge on any atom is -0.355 e. The molecule has 0 fully saturated rings. The van der Waals surface area contributed by atoms with Crippen molar-refractivity contribution >= 4 is 11.4 Å². The van der Waals surface area contributed by atoms with Gasteiger partial charge in [0.2, 0.25) is 0 Å². The summed E-state index contributed by atoms with van der Waals surface area (Å²) in [4.78, 5) is 0. The summed E-state index contributed by atoms with van der Waals surface area (Å²) < 4.78 is 0. The van der Waals surface area contributed by atoms with E-state index in [1.54, 1.807) is 0 Å². The molecule has 0 saturated heterocycles. The maximum absolute atomic E-state index is 3.89. The zero-order valence-electron chi connectivity index (χ0n) is 27.8. The Morgan fingerprint density at radius 1 is 0.235 bits per heavy atom. The van der Waals surface area contributed by atoms with Crippen LogP contribution in [-0.4, -0.2) is 0 Å². The molecule has 0 bridgehead atoms. The molecule has 2 spiro atoms. The van der Waals surface area contributed by atoms with Crippen LogP contribution in [-0.2, 0) is 10.8 Å². The fourth-order valence-corrected chi connectivity index (χ4v) is 10.5. The van der Waals surface area contributed by atoms with Crippen LogP contribution in [0.1, 0.15) is 44.5 Å². The zero-order chi connectivity index (χ0) is 33.3. The number of nitrogens with one attached hydrogen (secondary N) is 1. The van der Waals surface area contributed by atoms with Gasteiger partial charge in [-0.25, -0.2) is 0 Å². The molecule has 0 aliphatic heterocycles. The van der Waals surface area contributed by atoms with Gasteiger partial charge in [-0.1, -0.05) is 158 Å². The van der Waals surface area contributed by atoms with Crippen molar-refractivity contribution in [2.24, 2.45) is 0 Å². The molecular formula is C50H31N. The van der Waals surface area contributed by atoms with Crippen molar-refractivity contribution in [3.05, 3.63) is 226 Å². The summed E-state index contributed by atoms with van der Waals surface area (Å²) in [7, 11) is 0. The Morgan fingerprint density at radius 3 is 0.961 bits per heavy atom. The summed E-state index contributed by atoms with van der Waals surface area (Å²) in [6.45, 7) is 0. The summed E-state index contributed by atoms with van der Waals surface area (Å²) in [5.41, 5.74) is 23.0. The van der Waals surface area contributed by atoms with Crippen LogP contribution < -0.4 is 5.32 Å². The highest BCUT2D eigenvalue weighted by Crippen LogP contribution is 2.64. The maximum atomic E-state index is 3.89. The molecule has 236 valence electrons. The Balaban J connectivity index is 1.03. The first kappa shape index (κ1) is 27.4. The van der Waals surface area contributed by atoms with E-state index in [2.05, 4.69) is 187 Å². The number of hydrogen-bond acceptors (Lipinski definition) is 1. The van der Waals surface area contributed by atoms with Gasteiger partial charge in [0.1, 0.15) is 0 Å². The van der Waals surface area contributed by atoms with Crippen LogP contribution in [0.4, 0.5) is 11.4 Å². The van der Waals surface area contributed by atoms with Crippen molar-refractivity contribution in [3.63, 3.8) is 0 Å². The van der Waals surface area contributed by atoms with Gasteiger partial charge in [0.05, 0.1) is 10.8 Å². The third-order valence-corrected chi connectivity index (χ3v) is 12.3. The van der Waals surface area contributed by atoms with E-state index in [0.717, 1.165) is 11.4 Å². The first-order valence-electron chi connectivity index (χ1n) is 17.9. The average molecular weight is 646 g/mol. The lowest BCUT2D eigenvalue weighted by Crippen LogP contribution is -2.26. The largest absolute Gasteiger partial charge is 0.355 e. The van der Waals surface area contributed by atoms with Gasteiger partial charge in [-0.05, 0) is 113 Å². The number of anilines is 2. The summed E-state index contributed by atoms with van der Waals surface area (Å²) in [5.74, 6) is 0. The van der Waals surface area contributed by atoms with Gasteiger partial charge in [0.15, 0.2) is 0 Å². The van der Waals surface area contributed by atoms with E-state index in [0.29, 0.717) is 0 Å². The maximum Gasteiger partial charge on any atom is 0.0726 e. The zero-order valence-corrected chi connectivity index (χ0v) is 27.8. The number of rotatable bonds is 2. The normalized spacial score (nSPS) is 15.0. The number of hydrogen-bond donors (Lipinski definition) is 1. The summed E-state index contributed by atoms with van der Waals surface area (Å²) in [6.07, 6.45) is 0. The quantitative estimate of drug-likeness (QED) is 0.197. The SMILES string of the molecule is c1ccc2c(c1)-c1ccccc1C21c2ccccc2-c2cc(Nc3ccc4c(c3)C3(c5ccccc5-c5ccccc53)c3ccccc3-4)ccc21. The van der Waals surface area contributed by atoms with E-state index in [9.17, 15) is 0 Å². The fraction of sp³-hybridized carbons (Fsp3) is 0.0400. The van der Waals surface area contributed by atoms with E-state index in [-0.39, 0.29) is 10.8 Å². The van der Waals surface area contributed by atoms with Crippen LogP contribution in [0.3, 0.4) is 0 Å². The van der Waals surface area contributed by atoms with Crippen LogP contribution in [0.5, 0.6) is 0 Å². The molecular weight excluding hydrogens is 615 g/mol. The lowest BCUT2D eigenvalue weighted by atomic mass is 9.70. The first-order chi connectivity index (χ1) is 25.3. The lowest BCUT2D eigenvalue weighted by molar-refractivity contribution is 0.793. The molecule has 0 aromatic heterocycles. The average Bonchev–Trinajstić information content (AvgIpc) is 3.87. The van der Waals surface area contributed by atoms with Gasteiger partial charge in [0, 0.05) is 11.4 Å². The molecule has 0 radical (unpaired) electrons. The Hall–Kier alpha value is -6.44. The van der Waals surface area contributed by atoms with E-state index in [1.807, 2.05) is 0 Å². The predicted octanol–water partition coefficient (Wildman–Crippen LogP) is 12.1. The van der Waals surface area contributed by atoms with Gasteiger partial charge in [-0.3, -0.25) is 0 Å². The monoisotopic (exact) mass is 645 g/mol. The second-order valence-electron chi connectivity index (χ2n) is 14.4. The van der Waals surface area contributed by atoms with Crippen molar-refractivity contribution in [3.8, 4) is 44.5 Å². The van der Waals surface area contributed by atoms with Crippen molar-refractivity contribution < 1.29 is 0 Å². The molecule has 51 heavy (non-hydrogen) atoms. The highest BCUT2D eigenvalue weighted by molar-refractivity contribution is 5.97. The van der Waals surface area contributed by atoms with E-state index < -0.39 is 0 Å². The van der Waals surface area contributed by atoms with Crippen molar-refractivity contribution in [1.82, 2.24) is 0 Å². The summed E-state index contributed by atoms with van der Waals surface area (Å²) >= 11 is 0. The minimum absolute atomic E-state index is 0.327. The van der Waals surface area contributed by atoms with Gasteiger partial charge in [-0.15, -0.1) is 0 Å². The molecule has 0 amide bonds. The standard InChI is InChI=1S/C50H31N/c1-7-19-41-33(13-1)34-14-2-8-20-42(34)49(41)46-24-12-6-18-38(46)40-29-31(26-28-47(40)49)51-32-25-27-39-37-17-5-11-23-45(37)50(48(39)30-32)43-21-9-3-15-35(43)36-16-4-10-22-44(36)50/h1-30,51H. The van der Waals surface area contributed by atoms with Crippen molar-refractivity contribution in [2.45, 2.75) is 10.8 Å². The van der Waals surface area contributed by atoms with Gasteiger partial charge in [0.25, 0.3) is 0 Å². The summed E-state index contributed by atoms with van der Waals surface area (Å²) in [6, 6.07) is 68.1. The van der Waals surface area contributed by atoms with E-state index in [4.69, 9.17) is 0 Å². The molecule has 1 heteroatoms. The van der Waals surface area contributed by atoms with Crippen LogP contribution in [0, 0.1) is 0 Å². The van der Waals surface area contributed by atoms with Gasteiger partial charge >= 0.3 is 0 Å². The number of benzene rings is 8. The Labute approximate surface area is 297 Å².